The van der Waals surface area contributed by atoms with E-state index in [0.29, 0.717) is 0 Å². The Bertz CT molecular complexity index is 802. The third-order valence-corrected chi connectivity index (χ3v) is 4.17. The highest BCUT2D eigenvalue weighted by Gasteiger charge is 2.18. The maximum Gasteiger partial charge on any atom is 0.245 e. The van der Waals surface area contributed by atoms with Gasteiger partial charge < -0.3 is 9.88 Å². The summed E-state index contributed by atoms with van der Waals surface area (Å²) in [5.74, 6) is -0.0416. The van der Waals surface area contributed by atoms with E-state index in [1.165, 1.54) is 0 Å². The molecule has 1 N–H and O–H groups in total. The van der Waals surface area contributed by atoms with Gasteiger partial charge >= 0.3 is 0 Å². The first-order valence-electron chi connectivity index (χ1n) is 8.10. The predicted octanol–water partition coefficient (Wildman–Crippen LogP) is 3.42. The van der Waals surface area contributed by atoms with Gasteiger partial charge in [0.05, 0.1) is 11.7 Å². The Labute approximate surface area is 141 Å². The Balaban J connectivity index is 1.66. The average Bonchev–Trinajstić information content (AvgIpc) is 3.25. The molecule has 0 saturated carbocycles. The van der Waals surface area contributed by atoms with Gasteiger partial charge in [0.25, 0.3) is 0 Å². The zero-order chi connectivity index (χ0) is 17.1. The number of carbonyl (C=O) groups excluding carboxylic acids is 1. The number of amides is 1. The second-order valence-corrected chi connectivity index (χ2v) is 6.03. The van der Waals surface area contributed by atoms with Gasteiger partial charge in [0.15, 0.2) is 0 Å². The smallest absolute Gasteiger partial charge is 0.245 e. The van der Waals surface area contributed by atoms with Gasteiger partial charge in [0.1, 0.15) is 6.04 Å². The van der Waals surface area contributed by atoms with E-state index in [2.05, 4.69) is 27.1 Å². The molecular formula is C19H22N4O. The van der Waals surface area contributed by atoms with Crippen LogP contribution in [0.4, 0.5) is 0 Å². The minimum absolute atomic E-state index is 0.0416. The molecule has 3 aromatic rings. The molecule has 0 aliphatic rings. The number of hydrogen-bond donors (Lipinski definition) is 1. The van der Waals surface area contributed by atoms with Crippen LogP contribution in [0.2, 0.25) is 0 Å². The fourth-order valence-electron chi connectivity index (χ4n) is 2.63. The topological polar surface area (TPSA) is 51.9 Å². The summed E-state index contributed by atoms with van der Waals surface area (Å²) in [5, 5.41) is 7.36. The summed E-state index contributed by atoms with van der Waals surface area (Å²) < 4.78 is 3.74. The molecule has 0 saturated heterocycles. The van der Waals surface area contributed by atoms with Crippen LogP contribution in [-0.4, -0.2) is 20.3 Å². The van der Waals surface area contributed by atoms with Gasteiger partial charge in [-0.05, 0) is 56.7 Å². The van der Waals surface area contributed by atoms with E-state index in [9.17, 15) is 4.79 Å². The highest BCUT2D eigenvalue weighted by atomic mass is 16.2. The quantitative estimate of drug-likeness (QED) is 0.782. The van der Waals surface area contributed by atoms with E-state index >= 15 is 0 Å². The minimum Gasteiger partial charge on any atom is -0.348 e. The van der Waals surface area contributed by atoms with E-state index in [4.69, 9.17) is 0 Å². The van der Waals surface area contributed by atoms with E-state index < -0.39 is 0 Å². The van der Waals surface area contributed by atoms with Crippen molar-refractivity contribution in [1.29, 1.82) is 0 Å². The lowest BCUT2D eigenvalue weighted by Gasteiger charge is -2.18. The van der Waals surface area contributed by atoms with E-state index in [1.54, 1.807) is 4.68 Å². The molecule has 0 aliphatic carbocycles. The zero-order valence-electron chi connectivity index (χ0n) is 14.2. The molecule has 2 atom stereocenters. The van der Waals surface area contributed by atoms with Gasteiger partial charge in [0.2, 0.25) is 5.91 Å². The van der Waals surface area contributed by atoms with Crippen molar-refractivity contribution in [3.05, 3.63) is 72.3 Å². The second-order valence-electron chi connectivity index (χ2n) is 6.03. The lowest BCUT2D eigenvalue weighted by atomic mass is 10.1. The number of aryl methyl sites for hydroxylation is 1. The number of benzene rings is 1. The molecule has 0 fully saturated rings. The van der Waals surface area contributed by atoms with Crippen LogP contribution in [0.3, 0.4) is 0 Å². The van der Waals surface area contributed by atoms with Gasteiger partial charge in [-0.1, -0.05) is 12.1 Å². The third-order valence-electron chi connectivity index (χ3n) is 4.17. The first-order chi connectivity index (χ1) is 11.5. The van der Waals surface area contributed by atoms with Crippen molar-refractivity contribution in [1.82, 2.24) is 19.7 Å². The highest BCUT2D eigenvalue weighted by Crippen LogP contribution is 2.17. The van der Waals surface area contributed by atoms with Crippen LogP contribution in [0.25, 0.3) is 5.69 Å². The van der Waals surface area contributed by atoms with Crippen LogP contribution in [0, 0.1) is 6.92 Å². The third kappa shape index (κ3) is 3.40. The summed E-state index contributed by atoms with van der Waals surface area (Å²) in [4.78, 5) is 12.4. The maximum atomic E-state index is 12.4. The van der Waals surface area contributed by atoms with E-state index in [0.717, 1.165) is 16.9 Å². The minimum atomic E-state index is -0.333. The normalized spacial score (nSPS) is 13.5. The summed E-state index contributed by atoms with van der Waals surface area (Å²) >= 11 is 0. The summed E-state index contributed by atoms with van der Waals surface area (Å²) in [5.41, 5.74) is 3.08. The van der Waals surface area contributed by atoms with Crippen molar-refractivity contribution >= 4 is 5.91 Å². The van der Waals surface area contributed by atoms with Gasteiger partial charge in [-0.2, -0.15) is 5.10 Å². The molecule has 2 unspecified atom stereocenters. The van der Waals surface area contributed by atoms with Crippen molar-refractivity contribution in [3.8, 4) is 5.69 Å². The van der Waals surface area contributed by atoms with Crippen molar-refractivity contribution in [2.45, 2.75) is 32.9 Å². The highest BCUT2D eigenvalue weighted by molar-refractivity contribution is 5.80. The standard InChI is InChI=1S/C19H22N4O/c1-14-10-13-23(21-14)16(3)19(24)20-15(2)17-6-8-18(9-7-17)22-11-4-5-12-22/h4-13,15-16H,1-3H3,(H,20,24). The van der Waals surface area contributed by atoms with Crippen LogP contribution < -0.4 is 5.32 Å². The van der Waals surface area contributed by atoms with Crippen LogP contribution in [0.1, 0.15) is 37.2 Å². The molecule has 0 spiro atoms. The van der Waals surface area contributed by atoms with Crippen LogP contribution in [0.15, 0.2) is 61.1 Å². The summed E-state index contributed by atoms with van der Waals surface area (Å²) in [6.07, 6.45) is 5.85. The van der Waals surface area contributed by atoms with Gasteiger partial charge in [0, 0.05) is 24.3 Å². The fraction of sp³-hybridized carbons (Fsp3) is 0.263. The molecule has 24 heavy (non-hydrogen) atoms. The number of nitrogens with one attached hydrogen (secondary N) is 1. The second kappa shape index (κ2) is 6.74. The molecule has 0 aliphatic heterocycles. The van der Waals surface area contributed by atoms with Crippen molar-refractivity contribution in [2.75, 3.05) is 0 Å². The maximum absolute atomic E-state index is 12.4. The van der Waals surface area contributed by atoms with Crippen molar-refractivity contribution in [3.63, 3.8) is 0 Å². The summed E-state index contributed by atoms with van der Waals surface area (Å²) in [6, 6.07) is 13.7. The Hall–Kier alpha value is -2.82. The number of carbonyl (C=O) groups is 1. The van der Waals surface area contributed by atoms with Gasteiger partial charge in [-0.15, -0.1) is 0 Å². The average molecular weight is 322 g/mol. The zero-order valence-corrected chi connectivity index (χ0v) is 14.2. The number of rotatable bonds is 5. The largest absolute Gasteiger partial charge is 0.348 e. The molecular weight excluding hydrogens is 300 g/mol. The molecule has 0 bridgehead atoms. The Morgan fingerprint density at radius 1 is 1.04 bits per heavy atom. The van der Waals surface area contributed by atoms with Gasteiger partial charge in [-0.3, -0.25) is 9.48 Å². The molecule has 5 heteroatoms. The Kier molecular flexibility index (Phi) is 4.51. The molecule has 1 aromatic carbocycles. The molecule has 1 amide bonds. The lowest BCUT2D eigenvalue weighted by molar-refractivity contribution is -0.124. The molecule has 2 aromatic heterocycles. The van der Waals surface area contributed by atoms with Crippen LogP contribution in [-0.2, 0) is 4.79 Å². The van der Waals surface area contributed by atoms with Crippen LogP contribution >= 0.6 is 0 Å². The van der Waals surface area contributed by atoms with Crippen molar-refractivity contribution < 1.29 is 4.79 Å². The van der Waals surface area contributed by atoms with Crippen molar-refractivity contribution in [2.24, 2.45) is 0 Å². The van der Waals surface area contributed by atoms with E-state index in [-0.39, 0.29) is 18.0 Å². The first kappa shape index (κ1) is 16.1. The first-order valence-corrected chi connectivity index (χ1v) is 8.10. The van der Waals surface area contributed by atoms with E-state index in [1.807, 2.05) is 69.7 Å². The van der Waals surface area contributed by atoms with Gasteiger partial charge in [-0.25, -0.2) is 0 Å². The molecule has 2 heterocycles. The predicted molar refractivity (Wildman–Crippen MR) is 94.0 cm³/mol. The monoisotopic (exact) mass is 322 g/mol. The lowest BCUT2D eigenvalue weighted by Crippen LogP contribution is -2.33. The molecule has 0 radical (unpaired) electrons. The number of hydrogen-bond acceptors (Lipinski definition) is 2. The number of aromatic nitrogens is 3. The van der Waals surface area contributed by atoms with Crippen LogP contribution in [0.5, 0.6) is 0 Å². The Morgan fingerprint density at radius 3 is 2.29 bits per heavy atom. The SMILES string of the molecule is Cc1ccn(C(C)C(=O)NC(C)c2ccc(-n3cccc3)cc2)n1. The summed E-state index contributed by atoms with van der Waals surface area (Å²) in [6.45, 7) is 5.75. The fourth-order valence-corrected chi connectivity index (χ4v) is 2.63. The molecule has 3 rings (SSSR count). The molecule has 5 nitrogen and oxygen atoms in total. The summed E-state index contributed by atoms with van der Waals surface area (Å²) in [7, 11) is 0. The molecule has 124 valence electrons. The Morgan fingerprint density at radius 2 is 1.71 bits per heavy atom. The number of nitrogens with zero attached hydrogens (tertiary/aromatic N) is 3.